The van der Waals surface area contributed by atoms with Crippen molar-refractivity contribution in [2.24, 2.45) is 11.8 Å². The molecule has 2 amide bonds. The normalized spacial score (nSPS) is 12.4. The Balaban J connectivity index is 1.93. The standard InChI is InChI=1S/C20H27N3O3/c1-12(2)17(23-20(26)18(24)13(3)4)19(25)21-10-9-14-11-22-16-8-6-5-7-15(14)16/h5-8,11-13,17,22H,9-10H2,1-4H3,(H,21,25)(H,23,26)/t17-/m0/s1. The summed E-state index contributed by atoms with van der Waals surface area (Å²) in [5, 5.41) is 6.56. The molecule has 0 radical (unpaired) electrons. The Labute approximate surface area is 153 Å². The van der Waals surface area contributed by atoms with Crippen molar-refractivity contribution in [3.63, 3.8) is 0 Å². The Morgan fingerprint density at radius 3 is 2.42 bits per heavy atom. The van der Waals surface area contributed by atoms with Crippen molar-refractivity contribution < 1.29 is 14.4 Å². The lowest BCUT2D eigenvalue weighted by molar-refractivity contribution is -0.141. The number of hydrogen-bond donors (Lipinski definition) is 3. The molecule has 0 spiro atoms. The first-order chi connectivity index (χ1) is 12.3. The molecule has 2 aromatic rings. The van der Waals surface area contributed by atoms with Gasteiger partial charge >= 0.3 is 0 Å². The Bertz CT molecular complexity index is 792. The van der Waals surface area contributed by atoms with Crippen LogP contribution in [0.1, 0.15) is 33.3 Å². The van der Waals surface area contributed by atoms with E-state index in [1.54, 1.807) is 13.8 Å². The fraction of sp³-hybridized carbons (Fsp3) is 0.450. The number of ketones is 1. The first-order valence-electron chi connectivity index (χ1n) is 8.98. The average molecular weight is 357 g/mol. The van der Waals surface area contributed by atoms with Crippen LogP contribution in [0.15, 0.2) is 30.5 Å². The third-order valence-electron chi connectivity index (χ3n) is 4.35. The summed E-state index contributed by atoms with van der Waals surface area (Å²) in [6.07, 6.45) is 2.62. The molecule has 26 heavy (non-hydrogen) atoms. The van der Waals surface area contributed by atoms with E-state index in [-0.39, 0.29) is 11.8 Å². The van der Waals surface area contributed by atoms with Crippen molar-refractivity contribution in [1.82, 2.24) is 15.6 Å². The van der Waals surface area contributed by atoms with E-state index in [9.17, 15) is 14.4 Å². The van der Waals surface area contributed by atoms with Gasteiger partial charge in [0.15, 0.2) is 0 Å². The summed E-state index contributed by atoms with van der Waals surface area (Å²) in [5.74, 6) is -2.00. The molecule has 6 nitrogen and oxygen atoms in total. The van der Waals surface area contributed by atoms with Gasteiger partial charge in [0.25, 0.3) is 5.91 Å². The summed E-state index contributed by atoms with van der Waals surface area (Å²) in [6, 6.07) is 7.27. The summed E-state index contributed by atoms with van der Waals surface area (Å²) in [5.41, 5.74) is 2.19. The predicted octanol–water partition coefficient (Wildman–Crippen LogP) is 2.19. The fourth-order valence-corrected chi connectivity index (χ4v) is 2.78. The number of H-pyrrole nitrogens is 1. The van der Waals surface area contributed by atoms with Gasteiger partial charge in [-0.05, 0) is 24.0 Å². The molecule has 1 atom stereocenters. The average Bonchev–Trinajstić information content (AvgIpc) is 3.01. The van der Waals surface area contributed by atoms with Crippen LogP contribution in [0.5, 0.6) is 0 Å². The second kappa shape index (κ2) is 8.65. The molecular formula is C20H27N3O3. The van der Waals surface area contributed by atoms with Crippen LogP contribution in [-0.2, 0) is 20.8 Å². The highest BCUT2D eigenvalue weighted by Crippen LogP contribution is 2.17. The van der Waals surface area contributed by atoms with Crippen molar-refractivity contribution >= 4 is 28.5 Å². The molecule has 140 valence electrons. The second-order valence-electron chi connectivity index (χ2n) is 7.11. The molecule has 0 fully saturated rings. The number of para-hydroxylation sites is 1. The predicted molar refractivity (Wildman–Crippen MR) is 102 cm³/mol. The van der Waals surface area contributed by atoms with Gasteiger partial charge < -0.3 is 15.6 Å². The minimum Gasteiger partial charge on any atom is -0.361 e. The maximum absolute atomic E-state index is 12.5. The van der Waals surface area contributed by atoms with E-state index < -0.39 is 23.7 Å². The number of benzene rings is 1. The highest BCUT2D eigenvalue weighted by Gasteiger charge is 2.27. The maximum Gasteiger partial charge on any atom is 0.288 e. The van der Waals surface area contributed by atoms with E-state index in [1.807, 2.05) is 44.3 Å². The molecule has 0 aliphatic carbocycles. The molecular weight excluding hydrogens is 330 g/mol. The van der Waals surface area contributed by atoms with E-state index in [1.165, 1.54) is 0 Å². The summed E-state index contributed by atoms with van der Waals surface area (Å²) in [4.78, 5) is 39.4. The zero-order valence-corrected chi connectivity index (χ0v) is 15.8. The summed E-state index contributed by atoms with van der Waals surface area (Å²) >= 11 is 0. The second-order valence-corrected chi connectivity index (χ2v) is 7.11. The fourth-order valence-electron chi connectivity index (χ4n) is 2.78. The Kier molecular flexibility index (Phi) is 6.55. The topological polar surface area (TPSA) is 91.1 Å². The van der Waals surface area contributed by atoms with Gasteiger partial charge in [0.2, 0.25) is 11.7 Å². The van der Waals surface area contributed by atoms with E-state index in [4.69, 9.17) is 0 Å². The highest BCUT2D eigenvalue weighted by atomic mass is 16.2. The molecule has 0 saturated carbocycles. The minimum absolute atomic E-state index is 0.119. The first-order valence-corrected chi connectivity index (χ1v) is 8.98. The van der Waals surface area contributed by atoms with E-state index in [2.05, 4.69) is 15.6 Å². The molecule has 0 unspecified atom stereocenters. The molecule has 6 heteroatoms. The van der Waals surface area contributed by atoms with Gasteiger partial charge in [-0.3, -0.25) is 14.4 Å². The molecule has 1 aromatic heterocycles. The maximum atomic E-state index is 12.5. The monoisotopic (exact) mass is 357 g/mol. The first kappa shape index (κ1) is 19.7. The van der Waals surface area contributed by atoms with Crippen molar-refractivity contribution in [2.75, 3.05) is 6.54 Å². The number of fused-ring (bicyclic) bond motifs is 1. The Morgan fingerprint density at radius 2 is 1.77 bits per heavy atom. The summed E-state index contributed by atoms with van der Waals surface area (Å²) < 4.78 is 0. The van der Waals surface area contributed by atoms with Crippen LogP contribution in [0.25, 0.3) is 10.9 Å². The molecule has 0 saturated heterocycles. The number of rotatable bonds is 8. The van der Waals surface area contributed by atoms with Crippen LogP contribution in [0.4, 0.5) is 0 Å². The molecule has 0 bridgehead atoms. The zero-order valence-electron chi connectivity index (χ0n) is 15.8. The molecule has 0 aliphatic rings. The van der Waals surface area contributed by atoms with Crippen LogP contribution in [0, 0.1) is 11.8 Å². The van der Waals surface area contributed by atoms with Gasteiger partial charge in [0, 0.05) is 29.6 Å². The number of hydrogen-bond acceptors (Lipinski definition) is 3. The van der Waals surface area contributed by atoms with Gasteiger partial charge in [-0.15, -0.1) is 0 Å². The van der Waals surface area contributed by atoms with Crippen LogP contribution in [0.2, 0.25) is 0 Å². The van der Waals surface area contributed by atoms with Crippen LogP contribution < -0.4 is 10.6 Å². The van der Waals surface area contributed by atoms with Crippen LogP contribution in [0.3, 0.4) is 0 Å². The lowest BCUT2D eigenvalue weighted by Crippen LogP contribution is -2.52. The molecule has 1 aromatic carbocycles. The highest BCUT2D eigenvalue weighted by molar-refractivity contribution is 6.37. The third kappa shape index (κ3) is 4.71. The minimum atomic E-state index is -0.729. The number of nitrogens with one attached hydrogen (secondary N) is 3. The smallest absolute Gasteiger partial charge is 0.288 e. The van der Waals surface area contributed by atoms with Crippen molar-refractivity contribution in [2.45, 2.75) is 40.2 Å². The number of aromatic amines is 1. The zero-order chi connectivity index (χ0) is 19.3. The molecule has 0 aliphatic heterocycles. The number of carbonyl (C=O) groups is 3. The van der Waals surface area contributed by atoms with Gasteiger partial charge in [-0.2, -0.15) is 0 Å². The Hall–Kier alpha value is -2.63. The largest absolute Gasteiger partial charge is 0.361 e. The van der Waals surface area contributed by atoms with Crippen molar-refractivity contribution in [3.05, 3.63) is 36.0 Å². The summed E-state index contributed by atoms with van der Waals surface area (Å²) in [6.45, 7) is 7.45. The number of aromatic nitrogens is 1. The molecule has 2 rings (SSSR count). The number of Topliss-reactive ketones (excluding diaryl/α,β-unsaturated/α-hetero) is 1. The van der Waals surface area contributed by atoms with Crippen molar-refractivity contribution in [1.29, 1.82) is 0 Å². The number of amides is 2. The quantitative estimate of drug-likeness (QED) is 0.633. The molecule has 1 heterocycles. The van der Waals surface area contributed by atoms with Crippen LogP contribution >= 0.6 is 0 Å². The van der Waals surface area contributed by atoms with Gasteiger partial charge in [0.1, 0.15) is 6.04 Å². The van der Waals surface area contributed by atoms with Crippen molar-refractivity contribution in [3.8, 4) is 0 Å². The molecule has 3 N–H and O–H groups in total. The van der Waals surface area contributed by atoms with Gasteiger partial charge in [-0.1, -0.05) is 45.9 Å². The van der Waals surface area contributed by atoms with E-state index in [0.29, 0.717) is 13.0 Å². The summed E-state index contributed by atoms with van der Waals surface area (Å²) in [7, 11) is 0. The lowest BCUT2D eigenvalue weighted by Gasteiger charge is -2.21. The van der Waals surface area contributed by atoms with E-state index in [0.717, 1.165) is 16.5 Å². The van der Waals surface area contributed by atoms with E-state index >= 15 is 0 Å². The SMILES string of the molecule is CC(C)C(=O)C(=O)N[C@H](C(=O)NCCc1c[nH]c2ccccc12)C(C)C. The van der Waals surface area contributed by atoms with Gasteiger partial charge in [-0.25, -0.2) is 0 Å². The van der Waals surface area contributed by atoms with Crippen LogP contribution in [-0.4, -0.2) is 35.2 Å². The Morgan fingerprint density at radius 1 is 1.08 bits per heavy atom. The third-order valence-corrected chi connectivity index (χ3v) is 4.35. The lowest BCUT2D eigenvalue weighted by atomic mass is 10.0. The number of carbonyl (C=O) groups excluding carboxylic acids is 3. The van der Waals surface area contributed by atoms with Gasteiger partial charge in [0.05, 0.1) is 0 Å².